The molecule has 4 rings (SSSR count). The van der Waals surface area contributed by atoms with Crippen molar-refractivity contribution in [1.82, 2.24) is 24.4 Å². The van der Waals surface area contributed by atoms with Crippen LogP contribution in [-0.2, 0) is 30.9 Å². The summed E-state index contributed by atoms with van der Waals surface area (Å²) < 4.78 is 18.8. The Labute approximate surface area is 247 Å². The van der Waals surface area contributed by atoms with E-state index in [1.807, 2.05) is 13.8 Å². The fourth-order valence-electron chi connectivity index (χ4n) is 4.85. The Morgan fingerprint density at radius 2 is 1.55 bits per heavy atom. The van der Waals surface area contributed by atoms with E-state index in [9.17, 15) is 34.2 Å². The number of H-pyrrole nitrogens is 2. The summed E-state index contributed by atoms with van der Waals surface area (Å²) in [5, 5.41) is 31.6. The van der Waals surface area contributed by atoms with E-state index in [2.05, 4.69) is 31.2 Å². The van der Waals surface area contributed by atoms with Gasteiger partial charge in [-0.25, -0.2) is 9.59 Å². The lowest BCUT2D eigenvalue weighted by Gasteiger charge is -2.22. The van der Waals surface area contributed by atoms with Gasteiger partial charge in [-0.2, -0.15) is 0 Å². The van der Waals surface area contributed by atoms with Gasteiger partial charge >= 0.3 is 17.3 Å². The number of carbonyl (C=O) groups excluding carboxylic acids is 1. The van der Waals surface area contributed by atoms with Crippen LogP contribution in [0.3, 0.4) is 0 Å². The van der Waals surface area contributed by atoms with E-state index in [0.29, 0.717) is 10.9 Å². The molecule has 2 saturated heterocycles. The minimum atomic E-state index is -1.38. The van der Waals surface area contributed by atoms with Crippen LogP contribution in [0.25, 0.3) is 0 Å². The van der Waals surface area contributed by atoms with Gasteiger partial charge in [0.15, 0.2) is 18.6 Å². The van der Waals surface area contributed by atoms with Crippen molar-refractivity contribution in [3.05, 3.63) is 65.2 Å². The first-order valence-electron chi connectivity index (χ1n) is 13.2. The van der Waals surface area contributed by atoms with Gasteiger partial charge in [-0.3, -0.25) is 33.5 Å². The van der Waals surface area contributed by atoms with Crippen molar-refractivity contribution in [3.63, 3.8) is 0 Å². The largest absolute Gasteiger partial charge is 0.457 e. The van der Waals surface area contributed by atoms with Gasteiger partial charge < -0.3 is 34.8 Å². The van der Waals surface area contributed by atoms with E-state index >= 15 is 0 Å². The summed E-state index contributed by atoms with van der Waals surface area (Å²) in [4.78, 5) is 62.8. The molecule has 0 aliphatic carbocycles. The quantitative estimate of drug-likeness (QED) is 0.136. The normalized spacial score (nSPS) is 28.8. The molecular weight excluding hydrogens is 626 g/mol. The predicted molar refractivity (Wildman–Crippen MR) is 150 cm³/mol. The fraction of sp³-hybridized carbons (Fsp3) is 0.640. The van der Waals surface area contributed by atoms with Crippen molar-refractivity contribution >= 4 is 21.9 Å². The fourth-order valence-corrected chi connectivity index (χ4v) is 5.25. The molecule has 4 heterocycles. The van der Waals surface area contributed by atoms with E-state index in [1.165, 1.54) is 23.9 Å². The molecule has 42 heavy (non-hydrogen) atoms. The van der Waals surface area contributed by atoms with Crippen molar-refractivity contribution in [2.75, 3.05) is 13.7 Å². The van der Waals surface area contributed by atoms with Crippen LogP contribution in [-0.4, -0.2) is 84.6 Å². The highest BCUT2D eigenvalue weighted by atomic mass is 79.9. The molecule has 17 heteroatoms. The standard InChI is InChI=1S/C14H19BrN2O5.C11H17N3O6/c1-4-10-7(2)11(21-8(3)18)13(22-10)17-6-9(5-15)12(19)16-14(17)20;1-12-2-5-3-14(11(19)13-9(5)18)10-8(17)7(16)6(4-15)20-10/h6-7,10-11,13H,4-5H2,1-3H3,(H,16,19,20);3,6-8,10,12,15-17H,2,4H2,1H3,(H,13,18,19)/t7?,10-,11+,13-;6-,7?,8+,10-/m11/s1. The van der Waals surface area contributed by atoms with Crippen molar-refractivity contribution < 1.29 is 34.3 Å². The summed E-state index contributed by atoms with van der Waals surface area (Å²) in [5.41, 5.74) is -1.64. The molecule has 2 aliphatic heterocycles. The molecule has 0 bridgehead atoms. The topological polar surface area (TPSA) is 227 Å². The molecule has 0 radical (unpaired) electrons. The Bertz CT molecular complexity index is 1470. The van der Waals surface area contributed by atoms with Crippen LogP contribution in [0.2, 0.25) is 0 Å². The van der Waals surface area contributed by atoms with Crippen molar-refractivity contribution in [2.45, 2.75) is 82.0 Å². The lowest BCUT2D eigenvalue weighted by Crippen LogP contribution is -2.39. The second kappa shape index (κ2) is 14.5. The molecule has 234 valence electrons. The maximum atomic E-state index is 12.1. The average molecular weight is 662 g/mol. The summed E-state index contributed by atoms with van der Waals surface area (Å²) in [6.45, 7) is 4.95. The Balaban J connectivity index is 0.000000231. The number of aromatic nitrogens is 4. The Morgan fingerprint density at radius 3 is 2.05 bits per heavy atom. The van der Waals surface area contributed by atoms with Gasteiger partial charge in [0.2, 0.25) is 0 Å². The second-order valence-electron chi connectivity index (χ2n) is 9.94. The summed E-state index contributed by atoms with van der Waals surface area (Å²) in [7, 11) is 1.64. The monoisotopic (exact) mass is 661 g/mol. The van der Waals surface area contributed by atoms with E-state index in [-0.39, 0.29) is 24.1 Å². The number of aliphatic hydroxyl groups is 3. The number of nitrogens with zero attached hydrogens (tertiary/aromatic N) is 2. The smallest absolute Gasteiger partial charge is 0.330 e. The van der Waals surface area contributed by atoms with Crippen LogP contribution in [0.4, 0.5) is 0 Å². The summed E-state index contributed by atoms with van der Waals surface area (Å²) in [5.74, 6) is -0.481. The maximum Gasteiger partial charge on any atom is 0.330 e. The SMILES string of the molecule is CC[C@H]1O[C@@H](n2cc(CBr)c(=O)[nH]c2=O)[C@@H](OC(C)=O)C1C.CNCc1cn([C@@H]2O[C@H](CO)C(O)[C@@H]2O)c(=O)[nH]c1=O. The number of ether oxygens (including phenoxy) is 3. The molecule has 8 atom stereocenters. The van der Waals surface area contributed by atoms with Crippen molar-refractivity contribution in [1.29, 1.82) is 0 Å². The number of hydrogen-bond donors (Lipinski definition) is 6. The van der Waals surface area contributed by atoms with Gasteiger partial charge in [-0.15, -0.1) is 0 Å². The molecule has 0 aromatic carbocycles. The highest BCUT2D eigenvalue weighted by Crippen LogP contribution is 2.36. The van der Waals surface area contributed by atoms with Crippen LogP contribution in [0.1, 0.15) is 50.8 Å². The minimum Gasteiger partial charge on any atom is -0.457 e. The van der Waals surface area contributed by atoms with Crippen LogP contribution in [0.15, 0.2) is 31.6 Å². The molecule has 16 nitrogen and oxygen atoms in total. The molecule has 2 aromatic heterocycles. The zero-order valence-corrected chi connectivity index (χ0v) is 25.1. The number of aliphatic hydroxyl groups excluding tert-OH is 3. The zero-order chi connectivity index (χ0) is 31.3. The molecule has 2 aromatic rings. The number of aromatic amines is 2. The molecular formula is C25H36BrN5O11. The number of carbonyl (C=O) groups is 1. The van der Waals surface area contributed by atoms with E-state index in [0.717, 1.165) is 11.0 Å². The van der Waals surface area contributed by atoms with Gasteiger partial charge in [0, 0.05) is 48.2 Å². The van der Waals surface area contributed by atoms with E-state index < -0.39 is 71.9 Å². The average Bonchev–Trinajstić information content (AvgIpc) is 3.40. The number of hydrogen-bond acceptors (Lipinski definition) is 12. The Hall–Kier alpha value is -2.93. The van der Waals surface area contributed by atoms with Crippen molar-refractivity contribution in [2.24, 2.45) is 5.92 Å². The predicted octanol–water partition coefficient (Wildman–Crippen LogP) is -1.83. The third kappa shape index (κ3) is 7.16. The molecule has 0 amide bonds. The zero-order valence-electron chi connectivity index (χ0n) is 23.5. The summed E-state index contributed by atoms with van der Waals surface area (Å²) in [6, 6.07) is 0. The maximum absolute atomic E-state index is 12.1. The lowest BCUT2D eigenvalue weighted by atomic mass is 9.98. The number of nitrogens with one attached hydrogen (secondary N) is 3. The van der Waals surface area contributed by atoms with Crippen LogP contribution >= 0.6 is 15.9 Å². The number of alkyl halides is 1. The van der Waals surface area contributed by atoms with Crippen LogP contribution in [0.5, 0.6) is 0 Å². The summed E-state index contributed by atoms with van der Waals surface area (Å²) in [6.07, 6.45) is -2.84. The number of esters is 1. The highest BCUT2D eigenvalue weighted by molar-refractivity contribution is 9.08. The third-order valence-electron chi connectivity index (χ3n) is 7.06. The van der Waals surface area contributed by atoms with Gasteiger partial charge in [0.1, 0.15) is 18.3 Å². The first kappa shape index (κ1) is 33.6. The minimum absolute atomic E-state index is 0.0508. The first-order chi connectivity index (χ1) is 19.9. The van der Waals surface area contributed by atoms with Crippen molar-refractivity contribution in [3.8, 4) is 0 Å². The Morgan fingerprint density at radius 1 is 1.00 bits per heavy atom. The number of rotatable bonds is 8. The molecule has 2 unspecified atom stereocenters. The third-order valence-corrected chi connectivity index (χ3v) is 7.67. The molecule has 2 fully saturated rings. The van der Waals surface area contributed by atoms with Gasteiger partial charge in [0.25, 0.3) is 11.1 Å². The van der Waals surface area contributed by atoms with Gasteiger partial charge in [0.05, 0.1) is 12.7 Å². The lowest BCUT2D eigenvalue weighted by molar-refractivity contribution is -0.153. The van der Waals surface area contributed by atoms with Gasteiger partial charge in [-0.1, -0.05) is 29.8 Å². The first-order valence-corrected chi connectivity index (χ1v) is 14.3. The molecule has 0 saturated carbocycles. The van der Waals surface area contributed by atoms with E-state index in [1.54, 1.807) is 7.05 Å². The van der Waals surface area contributed by atoms with Gasteiger partial charge in [-0.05, 0) is 13.5 Å². The second-order valence-corrected chi connectivity index (χ2v) is 10.5. The summed E-state index contributed by atoms with van der Waals surface area (Å²) >= 11 is 3.21. The van der Waals surface area contributed by atoms with Crippen LogP contribution < -0.4 is 27.8 Å². The molecule has 2 aliphatic rings. The molecule has 6 N–H and O–H groups in total. The Kier molecular flexibility index (Phi) is 11.6. The van der Waals surface area contributed by atoms with Crippen LogP contribution in [0, 0.1) is 5.92 Å². The number of halogens is 1. The van der Waals surface area contributed by atoms with E-state index in [4.69, 9.17) is 19.3 Å². The highest BCUT2D eigenvalue weighted by Gasteiger charge is 2.45. The molecule has 0 spiro atoms.